The quantitative estimate of drug-likeness (QED) is 0.604. The van der Waals surface area contributed by atoms with Crippen molar-refractivity contribution >= 4 is 11.9 Å². The van der Waals surface area contributed by atoms with Crippen LogP contribution in [0.15, 0.2) is 11.3 Å². The number of anilines is 1. The Bertz CT molecular complexity index is 393. The van der Waals surface area contributed by atoms with Crippen LogP contribution in [0, 0.1) is 0 Å². The number of hydrogen-bond acceptors (Lipinski definition) is 5. The molecule has 68 valence electrons. The Hall–Kier alpha value is -1.92. The predicted octanol–water partition coefficient (Wildman–Crippen LogP) is -0.543. The minimum absolute atomic E-state index is 0.205. The van der Waals surface area contributed by atoms with E-state index in [2.05, 4.69) is 20.8 Å². The summed E-state index contributed by atoms with van der Waals surface area (Å²) in [5.41, 5.74) is 0.856. The van der Waals surface area contributed by atoms with Gasteiger partial charge in [-0.1, -0.05) is 5.10 Å². The normalized spacial score (nSPS) is 15.2. The molecule has 0 bridgehead atoms. The average Bonchev–Trinajstić information content (AvgIpc) is 2.48. The van der Waals surface area contributed by atoms with Gasteiger partial charge in [0.25, 0.3) is 0 Å². The molecular weight excluding hydrogens is 174 g/mol. The van der Waals surface area contributed by atoms with Crippen LogP contribution in [0.1, 0.15) is 6.92 Å². The fraction of sp³-hybridized carbons (Fsp3) is 0.333. The molecule has 0 unspecified atom stereocenters. The van der Waals surface area contributed by atoms with Gasteiger partial charge in [-0.25, -0.2) is 9.48 Å². The van der Waals surface area contributed by atoms with E-state index in [0.29, 0.717) is 11.6 Å². The minimum atomic E-state index is -0.953. The second-order valence-electron chi connectivity index (χ2n) is 2.69. The summed E-state index contributed by atoms with van der Waals surface area (Å²) in [7, 11) is 0. The van der Waals surface area contributed by atoms with Crippen molar-refractivity contribution in [3.05, 3.63) is 11.3 Å². The zero-order valence-electron chi connectivity index (χ0n) is 6.85. The number of allylic oxidation sites excluding steroid dienone is 1. The van der Waals surface area contributed by atoms with Gasteiger partial charge in [-0.15, -0.1) is 0 Å². The van der Waals surface area contributed by atoms with Crippen molar-refractivity contribution in [2.75, 3.05) is 5.32 Å². The van der Waals surface area contributed by atoms with Gasteiger partial charge in [-0.05, 0) is 17.4 Å². The molecule has 0 fully saturated rings. The van der Waals surface area contributed by atoms with Crippen molar-refractivity contribution in [2.24, 2.45) is 0 Å². The highest BCUT2D eigenvalue weighted by Crippen LogP contribution is 2.17. The largest absolute Gasteiger partial charge is 0.478 e. The van der Waals surface area contributed by atoms with E-state index in [-0.39, 0.29) is 12.1 Å². The Morgan fingerprint density at radius 2 is 2.46 bits per heavy atom. The summed E-state index contributed by atoms with van der Waals surface area (Å²) in [6.45, 7) is 1.89. The molecule has 0 saturated heterocycles. The molecule has 2 N–H and O–H groups in total. The molecule has 7 nitrogen and oxygen atoms in total. The van der Waals surface area contributed by atoms with Crippen LogP contribution >= 0.6 is 0 Å². The van der Waals surface area contributed by atoms with E-state index in [9.17, 15) is 4.79 Å². The van der Waals surface area contributed by atoms with Crippen LogP contribution in [-0.2, 0) is 11.3 Å². The lowest BCUT2D eigenvalue weighted by molar-refractivity contribution is -0.133. The molecule has 7 heteroatoms. The van der Waals surface area contributed by atoms with Gasteiger partial charge in [0.1, 0.15) is 0 Å². The summed E-state index contributed by atoms with van der Waals surface area (Å²) in [5, 5.41) is 22.3. The molecule has 0 spiro atoms. The van der Waals surface area contributed by atoms with Crippen LogP contribution in [0.2, 0.25) is 0 Å². The summed E-state index contributed by atoms with van der Waals surface area (Å²) in [4.78, 5) is 10.7. The maximum atomic E-state index is 10.7. The van der Waals surface area contributed by atoms with Crippen LogP contribution in [0.25, 0.3) is 0 Å². The fourth-order valence-corrected chi connectivity index (χ4v) is 1.14. The van der Waals surface area contributed by atoms with Crippen molar-refractivity contribution in [3.8, 4) is 0 Å². The highest BCUT2D eigenvalue weighted by molar-refractivity contribution is 5.88. The molecular formula is C6H7N5O2. The first-order valence-electron chi connectivity index (χ1n) is 3.64. The van der Waals surface area contributed by atoms with Crippen LogP contribution in [0.5, 0.6) is 0 Å². The highest BCUT2D eigenvalue weighted by atomic mass is 16.4. The maximum Gasteiger partial charge on any atom is 0.335 e. The molecule has 0 aliphatic carbocycles. The molecule has 0 atom stereocenters. The van der Waals surface area contributed by atoms with Crippen LogP contribution in [0.4, 0.5) is 5.95 Å². The van der Waals surface area contributed by atoms with E-state index >= 15 is 0 Å². The molecule has 1 aliphatic heterocycles. The van der Waals surface area contributed by atoms with E-state index in [1.165, 1.54) is 4.68 Å². The molecule has 1 aromatic heterocycles. The van der Waals surface area contributed by atoms with Gasteiger partial charge >= 0.3 is 5.97 Å². The Morgan fingerprint density at radius 1 is 1.69 bits per heavy atom. The standard InChI is InChI=1S/C6H7N5O2/c1-3-4(5(12)13)2-11-6(7-3)8-9-10-11/h2H2,1H3,(H,12,13)(H,7,8,10). The molecule has 13 heavy (non-hydrogen) atoms. The van der Waals surface area contributed by atoms with Gasteiger partial charge < -0.3 is 10.4 Å². The summed E-state index contributed by atoms with van der Waals surface area (Å²) in [6, 6.07) is 0. The Kier molecular flexibility index (Phi) is 1.51. The number of carboxylic acids is 1. The Morgan fingerprint density at radius 3 is 3.15 bits per heavy atom. The van der Waals surface area contributed by atoms with Crippen molar-refractivity contribution < 1.29 is 9.90 Å². The predicted molar refractivity (Wildman–Crippen MR) is 41.8 cm³/mol. The minimum Gasteiger partial charge on any atom is -0.478 e. The van der Waals surface area contributed by atoms with Crippen molar-refractivity contribution in [2.45, 2.75) is 13.5 Å². The zero-order chi connectivity index (χ0) is 9.42. The van der Waals surface area contributed by atoms with Gasteiger partial charge in [-0.3, -0.25) is 0 Å². The lowest BCUT2D eigenvalue weighted by atomic mass is 10.2. The van der Waals surface area contributed by atoms with Crippen molar-refractivity contribution in [3.63, 3.8) is 0 Å². The summed E-state index contributed by atoms with van der Waals surface area (Å²) in [5.74, 6) is -0.478. The molecule has 2 heterocycles. The number of nitrogens with zero attached hydrogens (tertiary/aromatic N) is 4. The van der Waals surface area contributed by atoms with Crippen LogP contribution in [-0.4, -0.2) is 31.3 Å². The number of carbonyl (C=O) groups is 1. The van der Waals surface area contributed by atoms with E-state index in [1.807, 2.05) is 0 Å². The Balaban J connectivity index is 2.39. The lowest BCUT2D eigenvalue weighted by Gasteiger charge is -2.15. The van der Waals surface area contributed by atoms with Crippen LogP contribution in [0.3, 0.4) is 0 Å². The van der Waals surface area contributed by atoms with E-state index < -0.39 is 5.97 Å². The Labute approximate surface area is 73.0 Å². The first-order chi connectivity index (χ1) is 6.18. The first-order valence-corrected chi connectivity index (χ1v) is 3.64. The molecule has 0 amide bonds. The van der Waals surface area contributed by atoms with Crippen LogP contribution < -0.4 is 5.32 Å². The molecule has 2 rings (SSSR count). The number of fused-ring (bicyclic) bond motifs is 1. The average molecular weight is 181 g/mol. The lowest BCUT2D eigenvalue weighted by Crippen LogP contribution is -2.22. The monoisotopic (exact) mass is 181 g/mol. The molecule has 1 aromatic rings. The number of nitrogens with one attached hydrogen (secondary N) is 1. The number of aromatic nitrogens is 4. The first kappa shape index (κ1) is 7.71. The third kappa shape index (κ3) is 1.13. The smallest absolute Gasteiger partial charge is 0.335 e. The molecule has 0 radical (unpaired) electrons. The summed E-state index contributed by atoms with van der Waals surface area (Å²) < 4.78 is 1.40. The topological polar surface area (TPSA) is 92.9 Å². The third-order valence-corrected chi connectivity index (χ3v) is 1.85. The number of hydrogen-bond donors (Lipinski definition) is 2. The van der Waals surface area contributed by atoms with Gasteiger partial charge in [0.05, 0.1) is 12.1 Å². The number of aliphatic carboxylic acids is 1. The number of rotatable bonds is 1. The van der Waals surface area contributed by atoms with Gasteiger partial charge in [0, 0.05) is 5.70 Å². The second kappa shape index (κ2) is 2.54. The van der Waals surface area contributed by atoms with Crippen molar-refractivity contribution in [1.82, 2.24) is 20.2 Å². The SMILES string of the molecule is CC1=C(C(=O)O)Cn2nnnc2N1. The van der Waals surface area contributed by atoms with E-state index in [4.69, 9.17) is 5.11 Å². The van der Waals surface area contributed by atoms with Gasteiger partial charge in [0.15, 0.2) is 0 Å². The van der Waals surface area contributed by atoms with E-state index in [0.717, 1.165) is 0 Å². The van der Waals surface area contributed by atoms with Gasteiger partial charge in [0.2, 0.25) is 5.95 Å². The number of tetrazole rings is 1. The highest BCUT2D eigenvalue weighted by Gasteiger charge is 2.21. The molecule has 0 aromatic carbocycles. The fourth-order valence-electron chi connectivity index (χ4n) is 1.14. The summed E-state index contributed by atoms with van der Waals surface area (Å²) >= 11 is 0. The van der Waals surface area contributed by atoms with Crippen molar-refractivity contribution in [1.29, 1.82) is 0 Å². The zero-order valence-corrected chi connectivity index (χ0v) is 6.85. The summed E-state index contributed by atoms with van der Waals surface area (Å²) in [6.07, 6.45) is 0. The second-order valence-corrected chi connectivity index (χ2v) is 2.69. The van der Waals surface area contributed by atoms with E-state index in [1.54, 1.807) is 6.92 Å². The molecule has 0 saturated carbocycles. The number of carboxylic acid groups (broad SMARTS) is 1. The third-order valence-electron chi connectivity index (χ3n) is 1.85. The van der Waals surface area contributed by atoms with Gasteiger partial charge in [-0.2, -0.15) is 0 Å². The molecule has 1 aliphatic rings. The maximum absolute atomic E-state index is 10.7.